The molecular weight excluding hydrogens is 549 g/mol. The lowest BCUT2D eigenvalue weighted by Crippen LogP contribution is -2.40. The van der Waals surface area contributed by atoms with Crippen LogP contribution < -0.4 is 15.6 Å². The van der Waals surface area contributed by atoms with E-state index in [0.29, 0.717) is 35.3 Å². The number of nitrogens with zero attached hydrogens (tertiary/aromatic N) is 2. The van der Waals surface area contributed by atoms with Crippen LogP contribution in [0.15, 0.2) is 47.4 Å². The lowest BCUT2D eigenvalue weighted by molar-refractivity contribution is 0.0694. The van der Waals surface area contributed by atoms with Crippen molar-refractivity contribution in [2.45, 2.75) is 43.5 Å². The van der Waals surface area contributed by atoms with Crippen molar-refractivity contribution in [1.82, 2.24) is 9.88 Å². The number of carboxylic acids is 1. The van der Waals surface area contributed by atoms with Gasteiger partial charge in [-0.2, -0.15) is 8.42 Å². The van der Waals surface area contributed by atoms with E-state index in [0.717, 1.165) is 38.8 Å². The highest BCUT2D eigenvalue weighted by Gasteiger charge is 2.37. The van der Waals surface area contributed by atoms with E-state index in [-0.39, 0.29) is 27.8 Å². The molecule has 3 fully saturated rings. The Labute approximate surface area is 229 Å². The molecule has 2 aromatic carbocycles. The summed E-state index contributed by atoms with van der Waals surface area (Å²) in [5.41, 5.74) is 0.318. The van der Waals surface area contributed by atoms with Crippen molar-refractivity contribution < 1.29 is 27.3 Å². The number of hydrogen-bond donors (Lipinski definition) is 3. The molecule has 39 heavy (non-hydrogen) atoms. The number of carbonyl (C=O) groups is 1. The quantitative estimate of drug-likeness (QED) is 0.387. The van der Waals surface area contributed by atoms with Gasteiger partial charge in [0.05, 0.1) is 21.6 Å². The fourth-order valence-electron chi connectivity index (χ4n) is 5.53. The number of nitrogens with one attached hydrogen (secondary N) is 1. The van der Waals surface area contributed by atoms with Crippen LogP contribution in [0.3, 0.4) is 0 Å². The van der Waals surface area contributed by atoms with E-state index in [1.165, 1.54) is 12.3 Å². The molecule has 2 aliphatic heterocycles. The summed E-state index contributed by atoms with van der Waals surface area (Å²) in [7, 11) is -3.88. The van der Waals surface area contributed by atoms with Crippen LogP contribution in [0.1, 0.15) is 47.6 Å². The zero-order valence-electron chi connectivity index (χ0n) is 21.0. The molecule has 208 valence electrons. The topological polar surface area (TPSA) is 129 Å². The largest absolute Gasteiger partial charge is 0.477 e. The summed E-state index contributed by atoms with van der Waals surface area (Å²) in [5, 5.41) is 13.1. The van der Waals surface area contributed by atoms with Crippen LogP contribution >= 0.6 is 11.6 Å². The average Bonchev–Trinajstić information content (AvgIpc) is 3.63. The van der Waals surface area contributed by atoms with Crippen molar-refractivity contribution in [3.05, 3.63) is 74.8 Å². The number of piperidine rings is 1. The third-order valence-corrected chi connectivity index (χ3v) is 8.52. The van der Waals surface area contributed by atoms with Gasteiger partial charge in [0.15, 0.2) is 0 Å². The second-order valence-corrected chi connectivity index (χ2v) is 12.1. The molecule has 3 aliphatic rings. The summed E-state index contributed by atoms with van der Waals surface area (Å²) in [6.07, 6.45) is 5.36. The van der Waals surface area contributed by atoms with Crippen LogP contribution in [0, 0.1) is 11.7 Å². The van der Waals surface area contributed by atoms with E-state index in [1.54, 1.807) is 34.9 Å². The van der Waals surface area contributed by atoms with Crippen molar-refractivity contribution >= 4 is 44.3 Å². The molecule has 1 aliphatic carbocycles. The second-order valence-electron chi connectivity index (χ2n) is 10.3. The van der Waals surface area contributed by atoms with E-state index in [1.807, 2.05) is 4.90 Å². The predicted molar refractivity (Wildman–Crippen MR) is 147 cm³/mol. The van der Waals surface area contributed by atoms with E-state index < -0.39 is 27.3 Å². The SMILES string of the molecule is O=C(O)c1cn(C2CC2)c2c(Cl)c(N3C[C@@H]4CCCN[C@@H]4C3)c(F)cc2c1=O.O=S(=O)(O)Cc1ccccc1. The monoisotopic (exact) mass is 577 g/mol. The first-order chi connectivity index (χ1) is 18.5. The normalized spacial score (nSPS) is 20.8. The number of anilines is 1. The number of rotatable bonds is 5. The zero-order chi connectivity index (χ0) is 27.9. The smallest absolute Gasteiger partial charge is 0.341 e. The Kier molecular flexibility index (Phi) is 7.69. The van der Waals surface area contributed by atoms with Crippen LogP contribution in [-0.4, -0.2) is 54.3 Å². The number of fused-ring (bicyclic) bond motifs is 2. The lowest BCUT2D eigenvalue weighted by Gasteiger charge is -2.24. The van der Waals surface area contributed by atoms with Gasteiger partial charge in [-0.05, 0) is 49.8 Å². The molecule has 0 spiro atoms. The molecule has 12 heteroatoms. The summed E-state index contributed by atoms with van der Waals surface area (Å²) < 4.78 is 46.0. The first kappa shape index (κ1) is 27.6. The molecule has 6 rings (SSSR count). The van der Waals surface area contributed by atoms with Gasteiger partial charge in [0.25, 0.3) is 10.1 Å². The minimum absolute atomic E-state index is 0.0350. The molecule has 2 saturated heterocycles. The fourth-order valence-corrected chi connectivity index (χ4v) is 6.55. The molecule has 2 atom stereocenters. The van der Waals surface area contributed by atoms with Gasteiger partial charge in [0, 0.05) is 31.4 Å². The maximum absolute atomic E-state index is 15.1. The number of hydrogen-bond acceptors (Lipinski definition) is 6. The molecule has 3 aromatic rings. The standard InChI is InChI=1S/C20H21ClFN3O3.C7H8O3S/c21-16-17-12(19(26)13(20(27)28)8-25(17)11-3-4-11)6-14(22)18(16)24-7-10-2-1-5-23-15(10)9-24;8-11(9,10)6-7-4-2-1-3-5-7/h6,8,10-11,15,23H,1-5,7,9H2,(H,27,28);1-5H,6H2,(H,8,9,10)/t10-,15+;/m0./s1. The van der Waals surface area contributed by atoms with Gasteiger partial charge >= 0.3 is 5.97 Å². The number of pyridine rings is 1. The van der Waals surface area contributed by atoms with E-state index in [2.05, 4.69) is 5.32 Å². The maximum Gasteiger partial charge on any atom is 0.341 e. The summed E-state index contributed by atoms with van der Waals surface area (Å²) in [6.45, 7) is 2.37. The number of halogens is 2. The van der Waals surface area contributed by atoms with Gasteiger partial charge in [-0.1, -0.05) is 41.9 Å². The van der Waals surface area contributed by atoms with Crippen molar-refractivity contribution in [1.29, 1.82) is 0 Å². The average molecular weight is 578 g/mol. The Hall–Kier alpha value is -2.99. The Morgan fingerprint density at radius 1 is 1.15 bits per heavy atom. The summed E-state index contributed by atoms with van der Waals surface area (Å²) in [4.78, 5) is 26.1. The zero-order valence-corrected chi connectivity index (χ0v) is 22.6. The summed E-state index contributed by atoms with van der Waals surface area (Å²) in [5.74, 6) is -1.73. The highest BCUT2D eigenvalue weighted by Crippen LogP contribution is 2.43. The molecule has 9 nitrogen and oxygen atoms in total. The molecule has 1 saturated carbocycles. The fraction of sp³-hybridized carbons (Fsp3) is 0.407. The highest BCUT2D eigenvalue weighted by molar-refractivity contribution is 7.85. The molecule has 3 heterocycles. The van der Waals surface area contributed by atoms with Gasteiger partial charge in [-0.3, -0.25) is 9.35 Å². The Morgan fingerprint density at radius 2 is 1.87 bits per heavy atom. The van der Waals surface area contributed by atoms with Crippen molar-refractivity contribution in [3.63, 3.8) is 0 Å². The van der Waals surface area contributed by atoms with E-state index in [4.69, 9.17) is 16.2 Å². The first-order valence-corrected chi connectivity index (χ1v) is 14.8. The lowest BCUT2D eigenvalue weighted by atomic mass is 9.94. The van der Waals surface area contributed by atoms with E-state index >= 15 is 4.39 Å². The molecule has 0 bridgehead atoms. The Balaban J connectivity index is 0.000000237. The summed E-state index contributed by atoms with van der Waals surface area (Å²) in [6, 6.07) is 10.1. The highest BCUT2D eigenvalue weighted by atomic mass is 35.5. The molecule has 3 N–H and O–H groups in total. The number of aromatic carboxylic acids is 1. The van der Waals surface area contributed by atoms with Crippen LogP contribution in [0.4, 0.5) is 10.1 Å². The van der Waals surface area contributed by atoms with Crippen molar-refractivity contribution in [3.8, 4) is 0 Å². The number of benzene rings is 2. The van der Waals surface area contributed by atoms with Gasteiger partial charge in [0.2, 0.25) is 5.43 Å². The molecule has 0 unspecified atom stereocenters. The number of aromatic nitrogens is 1. The van der Waals surface area contributed by atoms with Crippen molar-refractivity contribution in [2.24, 2.45) is 5.92 Å². The van der Waals surface area contributed by atoms with Gasteiger partial charge in [0.1, 0.15) is 17.1 Å². The van der Waals surface area contributed by atoms with E-state index in [9.17, 15) is 23.1 Å². The number of carboxylic acid groups (broad SMARTS) is 1. The Morgan fingerprint density at radius 3 is 2.49 bits per heavy atom. The molecular formula is C27H29ClFN3O6S. The molecule has 1 aromatic heterocycles. The molecule has 0 radical (unpaired) electrons. The molecule has 0 amide bonds. The van der Waals surface area contributed by atoms with Crippen LogP contribution in [-0.2, 0) is 15.9 Å². The minimum Gasteiger partial charge on any atom is -0.477 e. The van der Waals surface area contributed by atoms with Crippen molar-refractivity contribution in [2.75, 3.05) is 24.5 Å². The van der Waals surface area contributed by atoms with Crippen LogP contribution in [0.5, 0.6) is 0 Å². The first-order valence-electron chi connectivity index (χ1n) is 12.8. The third-order valence-electron chi connectivity index (χ3n) is 7.46. The second kappa shape index (κ2) is 10.9. The predicted octanol–water partition coefficient (Wildman–Crippen LogP) is 4.09. The summed E-state index contributed by atoms with van der Waals surface area (Å²) >= 11 is 6.70. The van der Waals surface area contributed by atoms with Crippen LogP contribution in [0.25, 0.3) is 10.9 Å². The van der Waals surface area contributed by atoms with Gasteiger partial charge < -0.3 is 19.9 Å². The minimum atomic E-state index is -3.88. The van der Waals surface area contributed by atoms with Gasteiger partial charge in [-0.15, -0.1) is 0 Å². The third kappa shape index (κ3) is 5.96. The van der Waals surface area contributed by atoms with Gasteiger partial charge in [-0.25, -0.2) is 9.18 Å². The Bertz CT molecular complexity index is 1560. The van der Waals surface area contributed by atoms with Crippen LogP contribution in [0.2, 0.25) is 5.02 Å². The maximum atomic E-state index is 15.1.